The van der Waals surface area contributed by atoms with Crippen LogP contribution in [0.1, 0.15) is 42.9 Å². The maximum Gasteiger partial charge on any atom is 0.309 e. The van der Waals surface area contributed by atoms with E-state index in [1.165, 1.54) is 13.3 Å². The summed E-state index contributed by atoms with van der Waals surface area (Å²) in [4.78, 5) is 18.6. The summed E-state index contributed by atoms with van der Waals surface area (Å²) < 4.78 is 64.3. The molecule has 3 aromatic rings. The first-order chi connectivity index (χ1) is 18.7. The summed E-state index contributed by atoms with van der Waals surface area (Å²) >= 11 is 0. The lowest BCUT2D eigenvalue weighted by molar-refractivity contribution is -0.153. The molecule has 1 aliphatic heterocycles. The first-order valence-electron chi connectivity index (χ1n) is 12.6. The number of aromatic nitrogens is 1. The van der Waals surface area contributed by atoms with Crippen LogP contribution in [0.3, 0.4) is 0 Å². The van der Waals surface area contributed by atoms with Crippen LogP contribution in [0.5, 0.6) is 11.5 Å². The summed E-state index contributed by atoms with van der Waals surface area (Å²) in [7, 11) is 1.50. The van der Waals surface area contributed by atoms with Crippen molar-refractivity contribution in [1.82, 2.24) is 9.88 Å². The van der Waals surface area contributed by atoms with E-state index in [1.807, 2.05) is 4.90 Å². The van der Waals surface area contributed by atoms with Gasteiger partial charge in [0.25, 0.3) is 0 Å². The number of nitrogens with zero attached hydrogens (tertiary/aromatic N) is 2. The largest absolute Gasteiger partial charge is 0.497 e. The van der Waals surface area contributed by atoms with Crippen LogP contribution in [0.15, 0.2) is 36.5 Å². The number of aliphatic carboxylic acids is 1. The number of aliphatic hydroxyl groups excluding tert-OH is 1. The van der Waals surface area contributed by atoms with Crippen LogP contribution in [-0.4, -0.2) is 59.4 Å². The van der Waals surface area contributed by atoms with Crippen molar-refractivity contribution in [3.05, 3.63) is 65.1 Å². The summed E-state index contributed by atoms with van der Waals surface area (Å²) in [6, 6.07) is 6.66. The molecule has 2 N–H and O–H groups in total. The van der Waals surface area contributed by atoms with Crippen LogP contribution >= 0.6 is 0 Å². The Hall–Kier alpha value is -3.44. The molecule has 0 radical (unpaired) electrons. The van der Waals surface area contributed by atoms with E-state index in [0.717, 1.165) is 12.1 Å². The van der Waals surface area contributed by atoms with Crippen LogP contribution in [-0.2, 0) is 11.5 Å². The molecule has 39 heavy (non-hydrogen) atoms. The van der Waals surface area contributed by atoms with Crippen LogP contribution < -0.4 is 9.47 Å². The number of hydrogen-bond acceptors (Lipinski definition) is 6. The maximum absolute atomic E-state index is 13.8. The molecule has 2 aromatic carbocycles. The Labute approximate surface area is 223 Å². The number of alkyl halides is 1. The van der Waals surface area contributed by atoms with Crippen LogP contribution in [0.25, 0.3) is 10.9 Å². The number of ether oxygens (including phenoxy) is 2. The third kappa shape index (κ3) is 6.25. The van der Waals surface area contributed by atoms with E-state index < -0.39 is 41.6 Å². The summed E-state index contributed by atoms with van der Waals surface area (Å²) in [6.45, 7) is 0.494. The highest BCUT2D eigenvalue weighted by molar-refractivity contribution is 5.85. The van der Waals surface area contributed by atoms with Crippen LogP contribution in [0.2, 0.25) is 0 Å². The van der Waals surface area contributed by atoms with E-state index in [1.54, 1.807) is 18.2 Å². The van der Waals surface area contributed by atoms with Crippen molar-refractivity contribution in [1.29, 1.82) is 0 Å². The molecule has 1 fully saturated rings. The van der Waals surface area contributed by atoms with E-state index >= 15 is 0 Å². The van der Waals surface area contributed by atoms with Gasteiger partial charge in [0.15, 0.2) is 17.5 Å². The third-order valence-corrected chi connectivity index (χ3v) is 7.47. The molecule has 0 saturated carbocycles. The Morgan fingerprint density at radius 3 is 2.44 bits per heavy atom. The van der Waals surface area contributed by atoms with Gasteiger partial charge in [0, 0.05) is 35.8 Å². The molecule has 0 amide bonds. The predicted octanol–water partition coefficient (Wildman–Crippen LogP) is 5.19. The summed E-state index contributed by atoms with van der Waals surface area (Å²) in [5, 5.41) is 21.8. The lowest BCUT2D eigenvalue weighted by Crippen LogP contribution is -2.45. The highest BCUT2D eigenvalue weighted by atomic mass is 19.2. The van der Waals surface area contributed by atoms with Crippen molar-refractivity contribution in [2.45, 2.75) is 38.5 Å². The normalized spacial score (nSPS) is 16.3. The van der Waals surface area contributed by atoms with Crippen molar-refractivity contribution in [3.63, 3.8) is 0 Å². The first kappa shape index (κ1) is 28.6. The third-order valence-electron chi connectivity index (χ3n) is 7.47. The number of carbonyl (C=O) groups is 1. The standard InChI is InChI=1S/C28H30F4N2O5/c1-38-18-2-3-23-20(12-18)25(17(15-29)16-33-23)24(35)4-5-28(27(36)37)6-8-34(9-7-28)10-11-39-19-13-21(30)26(32)22(31)14-19/h2-3,12-14,16,24,35H,4-11,15H2,1H3,(H,36,37)/t24-/m0/s1. The molecule has 0 unspecified atom stereocenters. The molecule has 2 heterocycles. The van der Waals surface area contributed by atoms with Gasteiger partial charge in [0.2, 0.25) is 0 Å². The minimum Gasteiger partial charge on any atom is -0.497 e. The van der Waals surface area contributed by atoms with E-state index in [2.05, 4.69) is 4.98 Å². The number of carboxylic acid groups (broad SMARTS) is 1. The second kappa shape index (κ2) is 12.2. The van der Waals surface area contributed by atoms with Gasteiger partial charge in [-0.25, -0.2) is 17.6 Å². The molecular formula is C28H30F4N2O5. The highest BCUT2D eigenvalue weighted by Gasteiger charge is 2.41. The number of likely N-dealkylation sites (tertiary alicyclic amines) is 1. The molecule has 0 spiro atoms. The van der Waals surface area contributed by atoms with Crippen molar-refractivity contribution < 1.29 is 42.0 Å². The van der Waals surface area contributed by atoms with Crippen LogP contribution in [0, 0.1) is 22.9 Å². The number of rotatable bonds is 11. The number of carboxylic acids is 1. The number of hydrogen-bond donors (Lipinski definition) is 2. The zero-order valence-corrected chi connectivity index (χ0v) is 21.4. The Bertz CT molecular complexity index is 1300. The second-order valence-corrected chi connectivity index (χ2v) is 9.74. The quantitative estimate of drug-likeness (QED) is 0.251. The van der Waals surface area contributed by atoms with E-state index in [4.69, 9.17) is 9.47 Å². The fourth-order valence-corrected chi connectivity index (χ4v) is 5.10. The van der Waals surface area contributed by atoms with Crippen LogP contribution in [0.4, 0.5) is 17.6 Å². The Balaban J connectivity index is 1.38. The monoisotopic (exact) mass is 550 g/mol. The zero-order chi connectivity index (χ0) is 28.2. The van der Waals surface area contributed by atoms with Gasteiger partial charge in [-0.3, -0.25) is 14.7 Å². The average molecular weight is 551 g/mol. The zero-order valence-electron chi connectivity index (χ0n) is 21.4. The van der Waals surface area contributed by atoms with Crippen molar-refractivity contribution in [3.8, 4) is 11.5 Å². The molecule has 11 heteroatoms. The van der Waals surface area contributed by atoms with E-state index in [9.17, 15) is 32.6 Å². The first-order valence-corrected chi connectivity index (χ1v) is 12.6. The van der Waals surface area contributed by atoms with Gasteiger partial charge < -0.3 is 19.7 Å². The van der Waals surface area contributed by atoms with Gasteiger partial charge in [0.05, 0.1) is 24.1 Å². The summed E-state index contributed by atoms with van der Waals surface area (Å²) in [5.41, 5.74) is 0.114. The minimum absolute atomic E-state index is 0.0773. The minimum atomic E-state index is -1.56. The Kier molecular flexibility index (Phi) is 8.91. The number of aliphatic hydroxyl groups is 1. The molecular weight excluding hydrogens is 520 g/mol. The van der Waals surface area contributed by atoms with Gasteiger partial charge in [-0.15, -0.1) is 0 Å². The number of benzene rings is 2. The summed E-state index contributed by atoms with van der Waals surface area (Å²) in [5.74, 6) is -4.81. The molecule has 0 aliphatic carbocycles. The Morgan fingerprint density at radius 2 is 1.82 bits per heavy atom. The fraction of sp³-hybridized carbons (Fsp3) is 0.429. The fourth-order valence-electron chi connectivity index (χ4n) is 5.10. The van der Waals surface area contributed by atoms with Gasteiger partial charge in [-0.1, -0.05) is 0 Å². The van der Waals surface area contributed by atoms with Gasteiger partial charge in [-0.2, -0.15) is 0 Å². The van der Waals surface area contributed by atoms with Gasteiger partial charge in [-0.05, 0) is 62.5 Å². The second-order valence-electron chi connectivity index (χ2n) is 9.74. The van der Waals surface area contributed by atoms with Gasteiger partial charge in [0.1, 0.15) is 24.8 Å². The molecule has 1 aromatic heterocycles. The number of pyridine rings is 1. The number of piperidine rings is 1. The lowest BCUT2D eigenvalue weighted by Gasteiger charge is -2.39. The molecule has 0 bridgehead atoms. The SMILES string of the molecule is COc1ccc2ncc(CF)c([C@@H](O)CCC3(C(=O)O)CCN(CCOc4cc(F)c(F)c(F)c4)CC3)c2c1. The molecule has 1 saturated heterocycles. The Morgan fingerprint density at radius 1 is 1.13 bits per heavy atom. The van der Waals surface area contributed by atoms with Crippen molar-refractivity contribution >= 4 is 16.9 Å². The number of methoxy groups -OCH3 is 1. The topological polar surface area (TPSA) is 92.1 Å². The maximum atomic E-state index is 13.8. The number of halogens is 4. The smallest absolute Gasteiger partial charge is 0.309 e. The van der Waals surface area contributed by atoms with Gasteiger partial charge >= 0.3 is 5.97 Å². The predicted molar refractivity (Wildman–Crippen MR) is 135 cm³/mol. The molecule has 210 valence electrons. The highest BCUT2D eigenvalue weighted by Crippen LogP contribution is 2.40. The lowest BCUT2D eigenvalue weighted by atomic mass is 9.74. The summed E-state index contributed by atoms with van der Waals surface area (Å²) in [6.07, 6.45) is 1.20. The molecule has 4 rings (SSSR count). The van der Waals surface area contributed by atoms with E-state index in [-0.39, 0.29) is 30.8 Å². The molecule has 1 atom stereocenters. The van der Waals surface area contributed by atoms with E-state index in [0.29, 0.717) is 54.7 Å². The van der Waals surface area contributed by atoms with Crippen molar-refractivity contribution in [2.24, 2.45) is 5.41 Å². The average Bonchev–Trinajstić information content (AvgIpc) is 2.94. The molecule has 1 aliphatic rings. The number of fused-ring (bicyclic) bond motifs is 1. The van der Waals surface area contributed by atoms with Crippen molar-refractivity contribution in [2.75, 3.05) is 33.4 Å². The molecule has 7 nitrogen and oxygen atoms in total.